The molecule has 7 nitrogen and oxygen atoms in total. The molecule has 1 aromatic carbocycles. The van der Waals surface area contributed by atoms with Crippen LogP contribution in [-0.4, -0.2) is 41.8 Å². The van der Waals surface area contributed by atoms with E-state index in [9.17, 15) is 9.18 Å². The zero-order chi connectivity index (χ0) is 16.8. The summed E-state index contributed by atoms with van der Waals surface area (Å²) in [5.74, 6) is 0.533. The van der Waals surface area contributed by atoms with Crippen LogP contribution in [0.25, 0.3) is 0 Å². The summed E-state index contributed by atoms with van der Waals surface area (Å²) in [7, 11) is 3.17. The Bertz CT molecular complexity index is 674. The third kappa shape index (κ3) is 4.75. The highest BCUT2D eigenvalue weighted by Crippen LogP contribution is 2.14. The Morgan fingerprint density at radius 1 is 1.48 bits per heavy atom. The lowest BCUT2D eigenvalue weighted by Crippen LogP contribution is -2.33. The molecule has 1 heterocycles. The van der Waals surface area contributed by atoms with Crippen molar-refractivity contribution >= 4 is 11.7 Å². The first-order valence-corrected chi connectivity index (χ1v) is 7.08. The molecule has 0 radical (unpaired) electrons. The number of carbonyl (C=O) groups excluding carboxylic acids is 1. The number of anilines is 1. The van der Waals surface area contributed by atoms with Gasteiger partial charge in [-0.2, -0.15) is 4.98 Å². The second kappa shape index (κ2) is 7.68. The number of likely N-dealkylation sites (N-methyl/N-ethyl adjacent to an activating group) is 1. The predicted molar refractivity (Wildman–Crippen MR) is 81.5 cm³/mol. The van der Waals surface area contributed by atoms with Gasteiger partial charge in [0.2, 0.25) is 0 Å². The minimum Gasteiger partial charge on any atom is -0.375 e. The zero-order valence-corrected chi connectivity index (χ0v) is 13.3. The van der Waals surface area contributed by atoms with Gasteiger partial charge in [0.05, 0.1) is 0 Å². The molecule has 0 spiro atoms. The van der Waals surface area contributed by atoms with Gasteiger partial charge in [0.25, 0.3) is 5.89 Å². The summed E-state index contributed by atoms with van der Waals surface area (Å²) < 4.78 is 23.3. The smallest absolute Gasteiger partial charge is 0.321 e. The van der Waals surface area contributed by atoms with Gasteiger partial charge in [-0.1, -0.05) is 11.2 Å². The molecule has 0 aliphatic rings. The molecular formula is C15H19FN4O3. The van der Waals surface area contributed by atoms with E-state index in [1.165, 1.54) is 18.1 Å². The summed E-state index contributed by atoms with van der Waals surface area (Å²) >= 11 is 0. The molecule has 23 heavy (non-hydrogen) atoms. The van der Waals surface area contributed by atoms with Gasteiger partial charge in [0, 0.05) is 32.8 Å². The molecule has 2 aromatic rings. The maximum atomic E-state index is 13.5. The van der Waals surface area contributed by atoms with Crippen LogP contribution in [0.1, 0.15) is 17.3 Å². The largest absolute Gasteiger partial charge is 0.375 e. The molecule has 0 aliphatic carbocycles. The van der Waals surface area contributed by atoms with Gasteiger partial charge < -0.3 is 19.5 Å². The number of nitrogens with zero attached hydrogens (tertiary/aromatic N) is 3. The zero-order valence-electron chi connectivity index (χ0n) is 13.3. The number of halogens is 1. The fourth-order valence-electron chi connectivity index (χ4n) is 1.83. The average Bonchev–Trinajstić information content (AvgIpc) is 2.96. The normalized spacial score (nSPS) is 10.6. The number of nitrogens with one attached hydrogen (secondary N) is 1. The van der Waals surface area contributed by atoms with Crippen molar-refractivity contribution in [1.29, 1.82) is 0 Å². The second-order valence-electron chi connectivity index (χ2n) is 5.10. The summed E-state index contributed by atoms with van der Waals surface area (Å²) in [6.45, 7) is 2.31. The first-order valence-electron chi connectivity index (χ1n) is 7.08. The van der Waals surface area contributed by atoms with Gasteiger partial charge >= 0.3 is 6.03 Å². The summed E-state index contributed by atoms with van der Waals surface area (Å²) in [4.78, 5) is 17.6. The second-order valence-corrected chi connectivity index (χ2v) is 5.10. The van der Waals surface area contributed by atoms with E-state index >= 15 is 0 Å². The first-order chi connectivity index (χ1) is 11.0. The number of carbonyl (C=O) groups is 1. The summed E-state index contributed by atoms with van der Waals surface area (Å²) in [5.41, 5.74) is 0.937. The lowest BCUT2D eigenvalue weighted by Gasteiger charge is -2.17. The fourth-order valence-corrected chi connectivity index (χ4v) is 1.83. The van der Waals surface area contributed by atoms with Crippen LogP contribution in [0, 0.1) is 12.7 Å². The van der Waals surface area contributed by atoms with Crippen molar-refractivity contribution in [1.82, 2.24) is 15.0 Å². The van der Waals surface area contributed by atoms with Gasteiger partial charge in [-0.15, -0.1) is 0 Å². The van der Waals surface area contributed by atoms with E-state index in [1.807, 2.05) is 0 Å². The molecular weight excluding hydrogens is 303 g/mol. The SMILES string of the molecule is COCc1nc(CCN(C)C(=O)Nc2ccc(C)c(F)c2)no1. The molecule has 1 aromatic heterocycles. The summed E-state index contributed by atoms with van der Waals surface area (Å²) in [6.07, 6.45) is 0.444. The van der Waals surface area contributed by atoms with Crippen molar-refractivity contribution in [2.24, 2.45) is 0 Å². The van der Waals surface area contributed by atoms with Gasteiger partial charge in [0.1, 0.15) is 12.4 Å². The van der Waals surface area contributed by atoms with E-state index in [0.717, 1.165) is 0 Å². The molecule has 0 aliphatic heterocycles. The van der Waals surface area contributed by atoms with Gasteiger partial charge in [-0.25, -0.2) is 9.18 Å². The van der Waals surface area contributed by atoms with Crippen molar-refractivity contribution < 1.29 is 18.4 Å². The van der Waals surface area contributed by atoms with Crippen LogP contribution < -0.4 is 5.32 Å². The Kier molecular flexibility index (Phi) is 5.64. The van der Waals surface area contributed by atoms with E-state index in [4.69, 9.17) is 9.26 Å². The Morgan fingerprint density at radius 2 is 2.26 bits per heavy atom. The maximum Gasteiger partial charge on any atom is 0.321 e. The minimum atomic E-state index is -0.358. The van der Waals surface area contributed by atoms with Crippen LogP contribution in [0.4, 0.5) is 14.9 Å². The van der Waals surface area contributed by atoms with Crippen LogP contribution >= 0.6 is 0 Å². The highest BCUT2D eigenvalue weighted by Gasteiger charge is 2.12. The molecule has 0 unspecified atom stereocenters. The van der Waals surface area contributed by atoms with Gasteiger partial charge in [-0.3, -0.25) is 0 Å². The molecule has 0 saturated carbocycles. The van der Waals surface area contributed by atoms with Crippen LogP contribution in [0.15, 0.2) is 22.7 Å². The molecule has 1 N–H and O–H groups in total. The number of aromatic nitrogens is 2. The van der Waals surface area contributed by atoms with Crippen molar-refractivity contribution in [3.63, 3.8) is 0 Å². The third-order valence-electron chi connectivity index (χ3n) is 3.22. The summed E-state index contributed by atoms with van der Waals surface area (Å²) in [6, 6.07) is 4.22. The van der Waals surface area contributed by atoms with Crippen molar-refractivity contribution in [3.8, 4) is 0 Å². The lowest BCUT2D eigenvalue weighted by atomic mass is 10.2. The molecule has 0 bridgehead atoms. The number of rotatable bonds is 6. The number of methoxy groups -OCH3 is 1. The molecule has 0 saturated heterocycles. The van der Waals surface area contributed by atoms with Crippen molar-refractivity contribution in [2.45, 2.75) is 20.0 Å². The summed E-state index contributed by atoms with van der Waals surface area (Å²) in [5, 5.41) is 6.43. The molecule has 2 rings (SSSR count). The molecule has 2 amide bonds. The topological polar surface area (TPSA) is 80.5 Å². The van der Waals surface area contributed by atoms with E-state index in [0.29, 0.717) is 35.9 Å². The quantitative estimate of drug-likeness (QED) is 0.883. The Morgan fingerprint density at radius 3 is 2.96 bits per heavy atom. The van der Waals surface area contributed by atoms with Crippen molar-refractivity contribution in [3.05, 3.63) is 41.3 Å². The third-order valence-corrected chi connectivity index (χ3v) is 3.22. The number of aryl methyl sites for hydroxylation is 1. The number of urea groups is 1. The fraction of sp³-hybridized carbons (Fsp3) is 0.400. The van der Waals surface area contributed by atoms with E-state index in [2.05, 4.69) is 15.5 Å². The Hall–Kier alpha value is -2.48. The maximum absolute atomic E-state index is 13.5. The molecule has 8 heteroatoms. The number of hydrogen-bond donors (Lipinski definition) is 1. The van der Waals surface area contributed by atoms with Gasteiger partial charge in [0.15, 0.2) is 5.82 Å². The van der Waals surface area contributed by atoms with E-state index in [-0.39, 0.29) is 18.5 Å². The average molecular weight is 322 g/mol. The molecule has 0 fully saturated rings. The van der Waals surface area contributed by atoms with Gasteiger partial charge in [-0.05, 0) is 24.6 Å². The number of ether oxygens (including phenoxy) is 1. The molecule has 0 atom stereocenters. The van der Waals surface area contributed by atoms with Crippen LogP contribution in [0.3, 0.4) is 0 Å². The lowest BCUT2D eigenvalue weighted by molar-refractivity contribution is 0.151. The number of amides is 2. The Balaban J connectivity index is 1.85. The van der Waals surface area contributed by atoms with Crippen LogP contribution in [0.2, 0.25) is 0 Å². The number of hydrogen-bond acceptors (Lipinski definition) is 5. The first kappa shape index (κ1) is 16.9. The highest BCUT2D eigenvalue weighted by atomic mass is 19.1. The minimum absolute atomic E-state index is 0.252. The predicted octanol–water partition coefficient (Wildman–Crippen LogP) is 2.37. The number of benzene rings is 1. The molecule has 124 valence electrons. The highest BCUT2D eigenvalue weighted by molar-refractivity contribution is 5.89. The van der Waals surface area contributed by atoms with E-state index < -0.39 is 0 Å². The monoisotopic (exact) mass is 322 g/mol. The standard InChI is InChI=1S/C15H19FN4O3/c1-10-4-5-11(8-12(10)16)17-15(21)20(2)7-6-13-18-14(9-22-3)23-19-13/h4-5,8H,6-7,9H2,1-3H3,(H,17,21). The van der Waals surface area contributed by atoms with Crippen LogP contribution in [-0.2, 0) is 17.8 Å². The Labute approximate surface area is 133 Å². The van der Waals surface area contributed by atoms with E-state index in [1.54, 1.807) is 26.1 Å². The van der Waals surface area contributed by atoms with Crippen LogP contribution in [0.5, 0.6) is 0 Å². The van der Waals surface area contributed by atoms with Crippen molar-refractivity contribution in [2.75, 3.05) is 26.0 Å².